The van der Waals surface area contributed by atoms with Gasteiger partial charge in [-0.15, -0.1) is 0 Å². The maximum Gasteiger partial charge on any atom is 0.405 e. The molecule has 1 N–H and O–H groups in total. The van der Waals surface area contributed by atoms with Crippen molar-refractivity contribution in [3.05, 3.63) is 95.1 Å². The molecule has 1 aliphatic heterocycles. The highest BCUT2D eigenvalue weighted by atomic mass is 19.4. The highest BCUT2D eigenvalue weighted by Crippen LogP contribution is 2.51. The molecule has 6 nitrogen and oxygen atoms in total. The Hall–Kier alpha value is -4.16. The van der Waals surface area contributed by atoms with Crippen molar-refractivity contribution in [2.24, 2.45) is 0 Å². The van der Waals surface area contributed by atoms with Gasteiger partial charge in [0.25, 0.3) is 0 Å². The normalized spacial score (nSPS) is 15.8. The van der Waals surface area contributed by atoms with E-state index in [1.807, 2.05) is 71.6 Å². The molecule has 3 aromatic carbocycles. The summed E-state index contributed by atoms with van der Waals surface area (Å²) in [6.45, 7) is 2.19. The Bertz CT molecular complexity index is 1460. The van der Waals surface area contributed by atoms with Gasteiger partial charge in [0.1, 0.15) is 12.0 Å². The zero-order valence-electron chi connectivity index (χ0n) is 24.0. The number of carbonyl (C=O) groups is 2. The van der Waals surface area contributed by atoms with Crippen LogP contribution in [0.2, 0.25) is 0 Å². The molecule has 1 aliphatic carbocycles. The molecule has 0 saturated carbocycles. The second-order valence-electron chi connectivity index (χ2n) is 11.3. The number of nitriles is 1. The van der Waals surface area contributed by atoms with E-state index in [0.29, 0.717) is 44.3 Å². The number of hydrogen-bond acceptors (Lipinski definition) is 4. The van der Waals surface area contributed by atoms with Gasteiger partial charge in [0.2, 0.25) is 11.8 Å². The number of halogens is 3. The molecule has 0 radical (unpaired) electrons. The number of nitrogens with zero attached hydrogens (tertiary/aromatic N) is 3. The Balaban J connectivity index is 1.17. The minimum atomic E-state index is -4.50. The van der Waals surface area contributed by atoms with E-state index in [-0.39, 0.29) is 5.91 Å². The average Bonchev–Trinajstić information content (AvgIpc) is 3.31. The van der Waals surface area contributed by atoms with Crippen molar-refractivity contribution in [2.75, 3.05) is 39.3 Å². The minimum absolute atomic E-state index is 0.104. The Kier molecular flexibility index (Phi) is 9.16. The van der Waals surface area contributed by atoms with Crippen molar-refractivity contribution in [3.8, 4) is 17.2 Å². The molecule has 5 rings (SSSR count). The Labute approximate surface area is 250 Å². The first-order valence-corrected chi connectivity index (χ1v) is 14.7. The van der Waals surface area contributed by atoms with Crippen LogP contribution in [-0.2, 0) is 21.4 Å². The lowest BCUT2D eigenvalue weighted by molar-refractivity contribution is -0.141. The number of alkyl halides is 3. The molecule has 1 fully saturated rings. The maximum atomic E-state index is 13.6. The highest BCUT2D eigenvalue weighted by Gasteiger charge is 2.49. The summed E-state index contributed by atoms with van der Waals surface area (Å²) in [6.07, 6.45) is -1.67. The van der Waals surface area contributed by atoms with Crippen molar-refractivity contribution < 1.29 is 22.8 Å². The fourth-order valence-corrected chi connectivity index (χ4v) is 6.44. The molecule has 43 heavy (non-hydrogen) atoms. The number of rotatable bonds is 10. The topological polar surface area (TPSA) is 76.4 Å². The van der Waals surface area contributed by atoms with Crippen LogP contribution in [0.25, 0.3) is 11.1 Å². The van der Waals surface area contributed by atoms with Gasteiger partial charge in [-0.25, -0.2) is 0 Å². The summed E-state index contributed by atoms with van der Waals surface area (Å²) < 4.78 is 39.3. The van der Waals surface area contributed by atoms with E-state index in [2.05, 4.69) is 16.3 Å². The van der Waals surface area contributed by atoms with Gasteiger partial charge in [-0.05, 0) is 65.8 Å². The fraction of sp³-hybridized carbons (Fsp3) is 0.382. The molecular weight excluding hydrogens is 553 g/mol. The van der Waals surface area contributed by atoms with Crippen LogP contribution in [0.3, 0.4) is 0 Å². The van der Waals surface area contributed by atoms with Crippen LogP contribution < -0.4 is 5.32 Å². The van der Waals surface area contributed by atoms with Gasteiger partial charge in [-0.1, -0.05) is 67.1 Å². The third-order valence-electron chi connectivity index (χ3n) is 8.59. The third kappa shape index (κ3) is 6.75. The second-order valence-corrected chi connectivity index (χ2v) is 11.3. The predicted molar refractivity (Wildman–Crippen MR) is 158 cm³/mol. The van der Waals surface area contributed by atoms with E-state index in [4.69, 9.17) is 5.26 Å². The first-order valence-electron chi connectivity index (χ1n) is 14.7. The number of hydrogen-bond donors (Lipinski definition) is 1. The molecule has 3 aromatic rings. The summed E-state index contributed by atoms with van der Waals surface area (Å²) in [7, 11) is 0. The van der Waals surface area contributed by atoms with Crippen molar-refractivity contribution in [2.45, 2.75) is 43.7 Å². The molecule has 9 heteroatoms. The van der Waals surface area contributed by atoms with Crippen molar-refractivity contribution >= 4 is 11.8 Å². The second kappa shape index (κ2) is 13.0. The maximum absolute atomic E-state index is 13.6. The number of nitrogens with one attached hydrogen (secondary N) is 1. The number of unbranched alkanes of at least 4 members (excludes halogenated alkanes) is 1. The van der Waals surface area contributed by atoms with Crippen LogP contribution >= 0.6 is 0 Å². The quantitative estimate of drug-likeness (QED) is 0.320. The van der Waals surface area contributed by atoms with E-state index in [1.54, 1.807) is 6.07 Å². The van der Waals surface area contributed by atoms with Crippen molar-refractivity contribution in [3.63, 3.8) is 0 Å². The van der Waals surface area contributed by atoms with Gasteiger partial charge >= 0.3 is 6.18 Å². The number of amides is 2. The smallest absolute Gasteiger partial charge is 0.346 e. The summed E-state index contributed by atoms with van der Waals surface area (Å²) in [4.78, 5) is 30.6. The van der Waals surface area contributed by atoms with Crippen molar-refractivity contribution in [1.29, 1.82) is 5.26 Å². The molecule has 224 valence electrons. The van der Waals surface area contributed by atoms with E-state index in [9.17, 15) is 22.8 Å². The molecule has 0 aromatic heterocycles. The zero-order chi connectivity index (χ0) is 30.5. The summed E-state index contributed by atoms with van der Waals surface area (Å²) in [5.74, 6) is -0.513. The van der Waals surface area contributed by atoms with E-state index < -0.39 is 24.0 Å². The molecule has 2 aliphatic rings. The molecule has 2 amide bonds. The van der Waals surface area contributed by atoms with Crippen LogP contribution in [0.5, 0.6) is 0 Å². The third-order valence-corrected chi connectivity index (χ3v) is 8.59. The molecule has 0 bridgehead atoms. The van der Waals surface area contributed by atoms with Gasteiger partial charge in [-0.3, -0.25) is 14.5 Å². The van der Waals surface area contributed by atoms with Crippen molar-refractivity contribution in [1.82, 2.24) is 15.1 Å². The zero-order valence-corrected chi connectivity index (χ0v) is 24.0. The first kappa shape index (κ1) is 30.3. The van der Waals surface area contributed by atoms with Gasteiger partial charge in [0, 0.05) is 32.6 Å². The lowest BCUT2D eigenvalue weighted by Gasteiger charge is -2.35. The van der Waals surface area contributed by atoms with Gasteiger partial charge in [-0.2, -0.15) is 18.4 Å². The highest BCUT2D eigenvalue weighted by molar-refractivity contribution is 6.00. The fourth-order valence-electron chi connectivity index (χ4n) is 6.44. The van der Waals surface area contributed by atoms with Crippen LogP contribution in [0, 0.1) is 11.3 Å². The van der Waals surface area contributed by atoms with Crippen LogP contribution in [-0.4, -0.2) is 67.1 Å². The van der Waals surface area contributed by atoms with Gasteiger partial charge in [0.05, 0.1) is 11.6 Å². The van der Waals surface area contributed by atoms with Gasteiger partial charge < -0.3 is 10.2 Å². The van der Waals surface area contributed by atoms with Crippen LogP contribution in [0.1, 0.15) is 47.9 Å². The Morgan fingerprint density at radius 1 is 0.884 bits per heavy atom. The molecule has 1 saturated heterocycles. The molecule has 0 spiro atoms. The first-order chi connectivity index (χ1) is 20.7. The lowest BCUT2D eigenvalue weighted by Crippen LogP contribution is -2.49. The SMILES string of the molecule is N#Cc1cccc(CCC(=O)N2CCN(CCCCC3(C(=O)NCC(F)(F)F)c4ccccc4-c4ccccc43)CC2)c1. The monoisotopic (exact) mass is 588 g/mol. The summed E-state index contributed by atoms with van der Waals surface area (Å²) in [5.41, 5.74) is 3.66. The standard InChI is InChI=1S/C34H35F3N4O2/c35-34(36,37)24-39-32(43)33(29-12-3-1-10-27(29)28-11-2-4-13-30(28)33)16-5-6-17-40-18-20-41(21-19-40)31(42)15-14-25-8-7-9-26(22-25)23-38/h1-4,7-13,22H,5-6,14-21,24H2,(H,39,43). The number of carbonyl (C=O) groups excluding carboxylic acids is 2. The van der Waals surface area contributed by atoms with E-state index in [0.717, 1.165) is 53.9 Å². The lowest BCUT2D eigenvalue weighted by atomic mass is 9.73. The van der Waals surface area contributed by atoms with Gasteiger partial charge in [0.15, 0.2) is 0 Å². The predicted octanol–water partition coefficient (Wildman–Crippen LogP) is 5.45. The van der Waals surface area contributed by atoms with E-state index in [1.165, 1.54) is 0 Å². The van der Waals surface area contributed by atoms with Crippen LogP contribution in [0.15, 0.2) is 72.8 Å². The Morgan fingerprint density at radius 2 is 1.53 bits per heavy atom. The largest absolute Gasteiger partial charge is 0.405 e. The van der Waals surface area contributed by atoms with Crippen LogP contribution in [0.4, 0.5) is 13.2 Å². The molecule has 0 atom stereocenters. The number of fused-ring (bicyclic) bond motifs is 3. The number of benzene rings is 3. The van der Waals surface area contributed by atoms with E-state index >= 15 is 0 Å². The Morgan fingerprint density at radius 3 is 2.16 bits per heavy atom. The summed E-state index contributed by atoms with van der Waals surface area (Å²) >= 11 is 0. The average molecular weight is 589 g/mol. The molecular formula is C34H35F3N4O2. The summed E-state index contributed by atoms with van der Waals surface area (Å²) in [6, 6.07) is 24.5. The molecule has 1 heterocycles. The summed E-state index contributed by atoms with van der Waals surface area (Å²) in [5, 5.41) is 11.3. The number of aryl methyl sites for hydroxylation is 1. The number of piperazine rings is 1. The minimum Gasteiger partial charge on any atom is -0.346 e. The molecule has 0 unspecified atom stereocenters.